The SMILES string of the molecule is CCOC(=O)c1cc2c(-c3ccn[nH]3)ccn2c(N(C)C2CCN(C(F)C(F)F)CC2)c1C. The summed E-state index contributed by atoms with van der Waals surface area (Å²) in [5.74, 6) is 0.404. The molecule has 0 radical (unpaired) electrons. The molecule has 0 bridgehead atoms. The van der Waals surface area contributed by atoms with E-state index >= 15 is 0 Å². The van der Waals surface area contributed by atoms with Crippen LogP contribution in [0, 0.1) is 6.92 Å². The van der Waals surface area contributed by atoms with Gasteiger partial charge in [-0.3, -0.25) is 10.00 Å². The summed E-state index contributed by atoms with van der Waals surface area (Å²) < 4.78 is 46.7. The van der Waals surface area contributed by atoms with Crippen molar-refractivity contribution >= 4 is 17.3 Å². The van der Waals surface area contributed by atoms with Crippen molar-refractivity contribution in [2.75, 3.05) is 31.6 Å². The maximum atomic E-state index is 13.8. The van der Waals surface area contributed by atoms with Gasteiger partial charge in [-0.2, -0.15) is 5.10 Å². The Balaban J connectivity index is 1.73. The number of anilines is 1. The highest BCUT2D eigenvalue weighted by atomic mass is 19.3. The molecule has 3 aromatic rings. The van der Waals surface area contributed by atoms with E-state index in [0.717, 1.165) is 28.2 Å². The average molecular weight is 464 g/mol. The van der Waals surface area contributed by atoms with E-state index in [2.05, 4.69) is 15.1 Å². The van der Waals surface area contributed by atoms with Crippen LogP contribution in [0.15, 0.2) is 30.6 Å². The Morgan fingerprint density at radius 1 is 1.30 bits per heavy atom. The summed E-state index contributed by atoms with van der Waals surface area (Å²) in [6.45, 7) is 4.38. The molecule has 1 aliphatic heterocycles. The molecule has 3 aromatic heterocycles. The molecule has 10 heteroatoms. The largest absolute Gasteiger partial charge is 0.462 e. The third-order valence-electron chi connectivity index (χ3n) is 6.40. The average Bonchev–Trinajstić information content (AvgIpc) is 3.47. The third-order valence-corrected chi connectivity index (χ3v) is 6.40. The lowest BCUT2D eigenvalue weighted by atomic mass is 10.0. The molecular weight excluding hydrogens is 435 g/mol. The lowest BCUT2D eigenvalue weighted by molar-refractivity contribution is -0.0573. The highest BCUT2D eigenvalue weighted by Gasteiger charge is 2.33. The molecule has 1 saturated heterocycles. The predicted octanol–water partition coefficient (Wildman–Crippen LogP) is 4.28. The summed E-state index contributed by atoms with van der Waals surface area (Å²) >= 11 is 0. The molecular formula is C23H28F3N5O2. The number of carbonyl (C=O) groups is 1. The number of nitrogens with one attached hydrogen (secondary N) is 1. The van der Waals surface area contributed by atoms with Gasteiger partial charge in [-0.1, -0.05) is 0 Å². The monoisotopic (exact) mass is 463 g/mol. The second kappa shape index (κ2) is 9.46. The molecule has 1 aliphatic rings. The van der Waals surface area contributed by atoms with Crippen molar-refractivity contribution in [2.24, 2.45) is 0 Å². The van der Waals surface area contributed by atoms with Gasteiger partial charge >= 0.3 is 5.97 Å². The molecule has 1 N–H and O–H groups in total. The maximum absolute atomic E-state index is 13.8. The summed E-state index contributed by atoms with van der Waals surface area (Å²) in [7, 11) is 1.92. The number of rotatable bonds is 7. The molecule has 4 rings (SSSR count). The number of hydrogen-bond acceptors (Lipinski definition) is 5. The van der Waals surface area contributed by atoms with Crippen LogP contribution in [0.3, 0.4) is 0 Å². The molecule has 0 amide bonds. The first kappa shape index (κ1) is 23.2. The van der Waals surface area contributed by atoms with Gasteiger partial charge in [0.2, 0.25) is 6.30 Å². The van der Waals surface area contributed by atoms with Crippen molar-refractivity contribution in [1.82, 2.24) is 19.5 Å². The molecule has 33 heavy (non-hydrogen) atoms. The van der Waals surface area contributed by atoms with Crippen molar-refractivity contribution in [3.05, 3.63) is 41.7 Å². The molecule has 7 nitrogen and oxygen atoms in total. The predicted molar refractivity (Wildman–Crippen MR) is 120 cm³/mol. The van der Waals surface area contributed by atoms with E-state index in [0.29, 0.717) is 18.4 Å². The summed E-state index contributed by atoms with van der Waals surface area (Å²) in [5, 5.41) is 6.99. The van der Waals surface area contributed by atoms with Crippen molar-refractivity contribution in [1.29, 1.82) is 0 Å². The lowest BCUT2D eigenvalue weighted by Crippen LogP contribution is -2.48. The maximum Gasteiger partial charge on any atom is 0.338 e. The number of carbonyl (C=O) groups excluding carboxylic acids is 1. The van der Waals surface area contributed by atoms with Gasteiger partial charge in [0.1, 0.15) is 5.82 Å². The molecule has 4 heterocycles. The first-order valence-corrected chi connectivity index (χ1v) is 11.0. The Hall–Kier alpha value is -3.01. The van der Waals surface area contributed by atoms with Crippen LogP contribution >= 0.6 is 0 Å². The fraction of sp³-hybridized carbons (Fsp3) is 0.478. The van der Waals surface area contributed by atoms with Gasteiger partial charge in [0, 0.05) is 49.7 Å². The first-order valence-electron chi connectivity index (χ1n) is 11.0. The number of piperidine rings is 1. The number of ether oxygens (including phenoxy) is 1. The Kier molecular flexibility index (Phi) is 6.64. The van der Waals surface area contributed by atoms with Gasteiger partial charge in [-0.05, 0) is 44.9 Å². The van der Waals surface area contributed by atoms with E-state index in [1.54, 1.807) is 13.1 Å². The second-order valence-corrected chi connectivity index (χ2v) is 8.27. The number of pyridine rings is 1. The number of esters is 1. The van der Waals surface area contributed by atoms with E-state index in [4.69, 9.17) is 4.74 Å². The zero-order valence-electron chi connectivity index (χ0n) is 18.9. The Labute approximate surface area is 190 Å². The molecule has 0 spiro atoms. The number of nitrogens with zero attached hydrogens (tertiary/aromatic N) is 4. The number of aromatic amines is 1. The fourth-order valence-corrected chi connectivity index (χ4v) is 4.66. The van der Waals surface area contributed by atoms with Crippen LogP contribution in [0.25, 0.3) is 16.8 Å². The van der Waals surface area contributed by atoms with E-state index < -0.39 is 18.7 Å². The van der Waals surface area contributed by atoms with Gasteiger partial charge in [-0.15, -0.1) is 0 Å². The quantitative estimate of drug-likeness (QED) is 0.419. The second-order valence-electron chi connectivity index (χ2n) is 8.27. The molecule has 0 aromatic carbocycles. The zero-order valence-corrected chi connectivity index (χ0v) is 18.9. The number of likely N-dealkylation sites (tertiary alicyclic amines) is 1. The third kappa shape index (κ3) is 4.31. The van der Waals surface area contributed by atoms with Crippen LogP contribution in [-0.2, 0) is 4.74 Å². The lowest BCUT2D eigenvalue weighted by Gasteiger charge is -2.39. The number of alkyl halides is 3. The highest BCUT2D eigenvalue weighted by molar-refractivity contribution is 5.96. The summed E-state index contributed by atoms with van der Waals surface area (Å²) in [4.78, 5) is 16.0. The minimum absolute atomic E-state index is 0.00322. The van der Waals surface area contributed by atoms with Crippen LogP contribution in [0.1, 0.15) is 35.7 Å². The van der Waals surface area contributed by atoms with Gasteiger partial charge < -0.3 is 14.0 Å². The zero-order chi connectivity index (χ0) is 23.7. The fourth-order valence-electron chi connectivity index (χ4n) is 4.66. The topological polar surface area (TPSA) is 65.9 Å². The van der Waals surface area contributed by atoms with Crippen LogP contribution in [0.4, 0.5) is 19.0 Å². The summed E-state index contributed by atoms with van der Waals surface area (Å²) in [6, 6.07) is 5.63. The number of hydrogen-bond donors (Lipinski definition) is 1. The van der Waals surface area contributed by atoms with Crippen molar-refractivity contribution in [3.63, 3.8) is 0 Å². The number of H-pyrrole nitrogens is 1. The van der Waals surface area contributed by atoms with E-state index in [1.807, 2.05) is 42.8 Å². The highest BCUT2D eigenvalue weighted by Crippen LogP contribution is 2.34. The van der Waals surface area contributed by atoms with E-state index in [1.165, 1.54) is 4.90 Å². The minimum atomic E-state index is -3.01. The van der Waals surface area contributed by atoms with Crippen molar-refractivity contribution < 1.29 is 22.7 Å². The van der Waals surface area contributed by atoms with Crippen LogP contribution < -0.4 is 4.90 Å². The molecule has 1 unspecified atom stereocenters. The Bertz CT molecular complexity index is 1110. The number of halogens is 3. The summed E-state index contributed by atoms with van der Waals surface area (Å²) in [5.41, 5.74) is 3.74. The number of aromatic nitrogens is 3. The smallest absolute Gasteiger partial charge is 0.338 e. The van der Waals surface area contributed by atoms with Gasteiger partial charge in [0.05, 0.1) is 23.4 Å². The Morgan fingerprint density at radius 3 is 2.64 bits per heavy atom. The normalized spacial score (nSPS) is 16.5. The minimum Gasteiger partial charge on any atom is -0.462 e. The molecule has 178 valence electrons. The molecule has 1 atom stereocenters. The van der Waals surface area contributed by atoms with Gasteiger partial charge in [0.15, 0.2) is 0 Å². The van der Waals surface area contributed by atoms with E-state index in [-0.39, 0.29) is 25.7 Å². The molecule has 0 saturated carbocycles. The van der Waals surface area contributed by atoms with Crippen molar-refractivity contribution in [3.8, 4) is 11.3 Å². The molecule has 1 fully saturated rings. The summed E-state index contributed by atoms with van der Waals surface area (Å²) in [6.07, 6.45) is -0.590. The number of fused-ring (bicyclic) bond motifs is 1. The van der Waals surface area contributed by atoms with Gasteiger partial charge in [-0.25, -0.2) is 18.0 Å². The Morgan fingerprint density at radius 2 is 2.03 bits per heavy atom. The standard InChI is InChI=1S/C23H28F3N5O2/c1-4-33-23(32)17-13-19-16(18-5-9-27-28-18)8-12-31(19)22(14(17)2)29(3)15-6-10-30(11-7-15)21(26)20(24)25/h5,8-9,12-13,15,20-21H,4,6-7,10-11H2,1-3H3,(H,27,28). The van der Waals surface area contributed by atoms with Crippen LogP contribution in [-0.4, -0.2) is 71.0 Å². The van der Waals surface area contributed by atoms with Crippen LogP contribution in [0.5, 0.6) is 0 Å². The van der Waals surface area contributed by atoms with E-state index in [9.17, 15) is 18.0 Å². The first-order chi connectivity index (χ1) is 15.8. The molecule has 0 aliphatic carbocycles. The van der Waals surface area contributed by atoms with Gasteiger partial charge in [0.25, 0.3) is 6.43 Å². The van der Waals surface area contributed by atoms with Crippen LogP contribution in [0.2, 0.25) is 0 Å². The van der Waals surface area contributed by atoms with Crippen molar-refractivity contribution in [2.45, 2.75) is 45.5 Å².